The van der Waals surface area contributed by atoms with Crippen molar-refractivity contribution in [2.75, 3.05) is 0 Å². The first kappa shape index (κ1) is 15.0. The quantitative estimate of drug-likeness (QED) is 0.840. The predicted octanol–water partition coefficient (Wildman–Crippen LogP) is 3.05. The van der Waals surface area contributed by atoms with Crippen molar-refractivity contribution < 1.29 is 14.3 Å². The molecule has 0 heterocycles. The first-order chi connectivity index (χ1) is 8.30. The van der Waals surface area contributed by atoms with Gasteiger partial charge in [-0.3, -0.25) is 4.79 Å². The molecule has 2 atom stereocenters. The summed E-state index contributed by atoms with van der Waals surface area (Å²) in [6, 6.07) is 0.162. The highest BCUT2D eigenvalue weighted by atomic mass is 16.6. The molecule has 4 nitrogen and oxygen atoms in total. The molecule has 1 aliphatic rings. The summed E-state index contributed by atoms with van der Waals surface area (Å²) in [6.45, 7) is 7.45. The third-order valence-corrected chi connectivity index (χ3v) is 3.17. The van der Waals surface area contributed by atoms with Crippen molar-refractivity contribution in [3.8, 4) is 0 Å². The van der Waals surface area contributed by atoms with Gasteiger partial charge in [-0.25, -0.2) is 4.79 Å². The van der Waals surface area contributed by atoms with Crippen LogP contribution in [-0.2, 0) is 9.53 Å². The molecule has 1 N–H and O–H groups in total. The van der Waals surface area contributed by atoms with Crippen LogP contribution in [0.15, 0.2) is 0 Å². The summed E-state index contributed by atoms with van der Waals surface area (Å²) < 4.78 is 5.22. The van der Waals surface area contributed by atoms with Crippen molar-refractivity contribution in [3.63, 3.8) is 0 Å². The fraction of sp³-hybridized carbons (Fsp3) is 0.857. The van der Waals surface area contributed by atoms with Gasteiger partial charge in [0.1, 0.15) is 11.4 Å². The summed E-state index contributed by atoms with van der Waals surface area (Å²) in [4.78, 5) is 23.0. The maximum atomic E-state index is 11.6. The minimum absolute atomic E-state index is 0.162. The summed E-state index contributed by atoms with van der Waals surface area (Å²) in [6.07, 6.45) is 3.77. The Morgan fingerprint density at radius 1 is 1.28 bits per heavy atom. The number of hydrogen-bond donors (Lipinski definition) is 1. The molecule has 104 valence electrons. The average Bonchev–Trinajstić information content (AvgIpc) is 2.62. The number of rotatable bonds is 4. The van der Waals surface area contributed by atoms with Crippen LogP contribution in [0.5, 0.6) is 0 Å². The van der Waals surface area contributed by atoms with E-state index in [2.05, 4.69) is 5.32 Å². The Morgan fingerprint density at radius 2 is 1.94 bits per heavy atom. The number of ether oxygens (including phenoxy) is 1. The molecule has 4 heteroatoms. The molecule has 0 radical (unpaired) electrons. The summed E-state index contributed by atoms with van der Waals surface area (Å²) in [7, 11) is 0. The lowest BCUT2D eigenvalue weighted by atomic mass is 10.00. The zero-order valence-electron chi connectivity index (χ0n) is 11.9. The van der Waals surface area contributed by atoms with Crippen LogP contribution in [0.1, 0.15) is 59.8 Å². The van der Waals surface area contributed by atoms with Crippen molar-refractivity contribution in [2.45, 2.75) is 71.4 Å². The molecule has 0 aromatic heterocycles. The summed E-state index contributed by atoms with van der Waals surface area (Å²) in [5, 5.41) is 2.88. The number of Topliss-reactive ketones (excluding diaryl/α,β-unsaturated/α-hetero) is 1. The van der Waals surface area contributed by atoms with Gasteiger partial charge in [-0.15, -0.1) is 0 Å². The first-order valence-corrected chi connectivity index (χ1v) is 6.81. The van der Waals surface area contributed by atoms with Gasteiger partial charge in [0, 0.05) is 18.9 Å². The predicted molar refractivity (Wildman–Crippen MR) is 70.4 cm³/mol. The largest absolute Gasteiger partial charge is 0.444 e. The second kappa shape index (κ2) is 6.21. The molecule has 1 fully saturated rings. The van der Waals surface area contributed by atoms with Crippen LogP contribution in [0, 0.1) is 5.92 Å². The van der Waals surface area contributed by atoms with Crippen LogP contribution in [0.25, 0.3) is 0 Å². The second-order valence-corrected chi connectivity index (χ2v) is 6.12. The number of amides is 1. The smallest absolute Gasteiger partial charge is 0.407 e. The molecule has 0 bridgehead atoms. The van der Waals surface area contributed by atoms with Crippen LogP contribution in [0.3, 0.4) is 0 Å². The third-order valence-electron chi connectivity index (χ3n) is 3.17. The fourth-order valence-corrected chi connectivity index (χ4v) is 2.33. The van der Waals surface area contributed by atoms with Gasteiger partial charge < -0.3 is 10.1 Å². The van der Waals surface area contributed by atoms with Crippen molar-refractivity contribution >= 4 is 11.9 Å². The van der Waals surface area contributed by atoms with Crippen molar-refractivity contribution in [2.24, 2.45) is 5.92 Å². The van der Waals surface area contributed by atoms with Crippen LogP contribution < -0.4 is 5.32 Å². The van der Waals surface area contributed by atoms with Gasteiger partial charge in [0.25, 0.3) is 0 Å². The van der Waals surface area contributed by atoms with Crippen molar-refractivity contribution in [1.29, 1.82) is 0 Å². The monoisotopic (exact) mass is 255 g/mol. The van der Waals surface area contributed by atoms with E-state index in [4.69, 9.17) is 4.74 Å². The minimum Gasteiger partial charge on any atom is -0.444 e. The molecule has 1 amide bonds. The zero-order chi connectivity index (χ0) is 13.8. The molecule has 0 saturated heterocycles. The number of hydrogen-bond acceptors (Lipinski definition) is 3. The van der Waals surface area contributed by atoms with E-state index in [1.807, 2.05) is 27.7 Å². The molecule has 1 aliphatic carbocycles. The minimum atomic E-state index is -0.458. The number of carbonyl (C=O) groups excluding carboxylic acids is 2. The second-order valence-electron chi connectivity index (χ2n) is 6.12. The highest BCUT2D eigenvalue weighted by molar-refractivity contribution is 5.78. The zero-order valence-corrected chi connectivity index (χ0v) is 11.9. The molecule has 2 unspecified atom stereocenters. The maximum absolute atomic E-state index is 11.6. The lowest BCUT2D eigenvalue weighted by Gasteiger charge is -2.21. The van der Waals surface area contributed by atoms with Gasteiger partial charge in [-0.2, -0.15) is 0 Å². The van der Waals surface area contributed by atoms with E-state index >= 15 is 0 Å². The molecule has 18 heavy (non-hydrogen) atoms. The summed E-state index contributed by atoms with van der Waals surface area (Å²) >= 11 is 0. The fourth-order valence-electron chi connectivity index (χ4n) is 2.33. The highest BCUT2D eigenvalue weighted by Gasteiger charge is 2.28. The Kier molecular flexibility index (Phi) is 5.17. The van der Waals surface area contributed by atoms with Crippen LogP contribution >= 0.6 is 0 Å². The molecule has 0 aromatic carbocycles. The van der Waals surface area contributed by atoms with E-state index in [0.29, 0.717) is 24.5 Å². The molecular formula is C14H25NO3. The Labute approximate surface area is 109 Å². The van der Waals surface area contributed by atoms with Crippen LogP contribution in [0.4, 0.5) is 4.79 Å². The molecule has 1 saturated carbocycles. The maximum Gasteiger partial charge on any atom is 0.407 e. The van der Waals surface area contributed by atoms with E-state index in [-0.39, 0.29) is 12.1 Å². The van der Waals surface area contributed by atoms with Gasteiger partial charge in [-0.05, 0) is 46.0 Å². The molecule has 0 aliphatic heterocycles. The third kappa shape index (κ3) is 5.52. The van der Waals surface area contributed by atoms with Gasteiger partial charge in [0.2, 0.25) is 0 Å². The Balaban J connectivity index is 2.30. The van der Waals surface area contributed by atoms with E-state index in [1.165, 1.54) is 0 Å². The Morgan fingerprint density at radius 3 is 2.50 bits per heavy atom. The SMILES string of the molecule is CCC(=O)CC1CCC(NC(=O)OC(C)(C)C)C1. The number of ketones is 1. The highest BCUT2D eigenvalue weighted by Crippen LogP contribution is 2.29. The summed E-state index contributed by atoms with van der Waals surface area (Å²) in [5.74, 6) is 0.746. The van der Waals surface area contributed by atoms with E-state index in [9.17, 15) is 9.59 Å². The van der Waals surface area contributed by atoms with E-state index in [0.717, 1.165) is 19.3 Å². The van der Waals surface area contributed by atoms with Crippen LogP contribution in [0.2, 0.25) is 0 Å². The van der Waals surface area contributed by atoms with Crippen molar-refractivity contribution in [3.05, 3.63) is 0 Å². The number of nitrogens with one attached hydrogen (secondary N) is 1. The standard InChI is InChI=1S/C14H25NO3/c1-5-12(16)9-10-6-7-11(8-10)15-13(17)18-14(2,3)4/h10-11H,5-9H2,1-4H3,(H,15,17). The number of carbonyl (C=O) groups is 2. The van der Waals surface area contributed by atoms with Crippen molar-refractivity contribution in [1.82, 2.24) is 5.32 Å². The van der Waals surface area contributed by atoms with E-state index in [1.54, 1.807) is 0 Å². The molecular weight excluding hydrogens is 230 g/mol. The summed E-state index contributed by atoms with van der Waals surface area (Å²) in [5.41, 5.74) is -0.458. The van der Waals surface area contributed by atoms with Gasteiger partial charge in [-0.1, -0.05) is 6.92 Å². The van der Waals surface area contributed by atoms with Gasteiger partial charge >= 0.3 is 6.09 Å². The Hall–Kier alpha value is -1.06. The topological polar surface area (TPSA) is 55.4 Å². The first-order valence-electron chi connectivity index (χ1n) is 6.81. The van der Waals surface area contributed by atoms with Gasteiger partial charge in [0.15, 0.2) is 0 Å². The average molecular weight is 255 g/mol. The lowest BCUT2D eigenvalue weighted by Crippen LogP contribution is -2.38. The molecule has 1 rings (SSSR count). The lowest BCUT2D eigenvalue weighted by molar-refractivity contribution is -0.119. The van der Waals surface area contributed by atoms with E-state index < -0.39 is 5.60 Å². The van der Waals surface area contributed by atoms with Crippen LogP contribution in [-0.4, -0.2) is 23.5 Å². The Bertz CT molecular complexity index is 307. The molecule has 0 spiro atoms. The normalized spacial score (nSPS) is 23.8. The van der Waals surface area contributed by atoms with Gasteiger partial charge in [0.05, 0.1) is 0 Å². The number of alkyl carbamates (subject to hydrolysis) is 1. The molecule has 0 aromatic rings.